The molecule has 0 saturated carbocycles. The summed E-state index contributed by atoms with van der Waals surface area (Å²) in [5.74, 6) is 0. The summed E-state index contributed by atoms with van der Waals surface area (Å²) >= 11 is 0.675. The first-order chi connectivity index (χ1) is 7.09. The lowest BCUT2D eigenvalue weighted by Gasteiger charge is -2.13. The summed E-state index contributed by atoms with van der Waals surface area (Å²) in [5.41, 5.74) is -6.09. The molecule has 0 aliphatic carbocycles. The first-order valence-corrected chi connectivity index (χ1v) is 5.47. The molecule has 1 heterocycles. The van der Waals surface area contributed by atoms with Crippen LogP contribution in [0.15, 0.2) is 17.2 Å². The highest BCUT2D eigenvalue weighted by Gasteiger charge is 2.38. The summed E-state index contributed by atoms with van der Waals surface area (Å²) < 4.78 is 73.1. The molecule has 0 saturated heterocycles. The monoisotopic (exact) mass is 373 g/mol. The van der Waals surface area contributed by atoms with Gasteiger partial charge in [0.2, 0.25) is 0 Å². The number of alkyl halides is 6. The Morgan fingerprint density at radius 3 is 2.12 bits per heavy atom. The Bertz CT molecular complexity index is 387. The third kappa shape index (κ3) is 4.00. The van der Waals surface area contributed by atoms with E-state index in [0.717, 1.165) is 0 Å². The second-order valence-corrected chi connectivity index (χ2v) is 4.76. The van der Waals surface area contributed by atoms with Gasteiger partial charge in [-0.2, -0.15) is 26.3 Å². The van der Waals surface area contributed by atoms with Crippen molar-refractivity contribution >= 4 is 34.4 Å². The van der Waals surface area contributed by atoms with Gasteiger partial charge in [0.15, 0.2) is 0 Å². The van der Waals surface area contributed by atoms with E-state index >= 15 is 0 Å². The van der Waals surface area contributed by atoms with E-state index in [0.29, 0.717) is 12.3 Å². The van der Waals surface area contributed by atoms with Gasteiger partial charge in [-0.25, -0.2) is 4.98 Å². The second kappa shape index (κ2) is 4.59. The molecule has 0 bridgehead atoms. The Morgan fingerprint density at radius 2 is 1.69 bits per heavy atom. The van der Waals surface area contributed by atoms with Crippen molar-refractivity contribution in [3.05, 3.63) is 21.5 Å². The molecule has 0 atom stereocenters. The number of halogens is 7. The zero-order chi connectivity index (χ0) is 12.6. The van der Waals surface area contributed by atoms with Crippen LogP contribution in [0, 0.1) is 3.70 Å². The van der Waals surface area contributed by atoms with Gasteiger partial charge in [-0.15, -0.1) is 0 Å². The van der Waals surface area contributed by atoms with Crippen molar-refractivity contribution in [3.63, 3.8) is 0 Å². The van der Waals surface area contributed by atoms with Gasteiger partial charge in [-0.1, -0.05) is 0 Å². The summed E-state index contributed by atoms with van der Waals surface area (Å²) in [6, 6.07) is 0.578. The molecule has 0 amide bonds. The highest BCUT2D eigenvalue weighted by atomic mass is 127. The normalized spacial score (nSPS) is 12.9. The van der Waals surface area contributed by atoms with Crippen molar-refractivity contribution in [1.82, 2.24) is 4.98 Å². The van der Waals surface area contributed by atoms with Crippen LogP contribution < -0.4 is 0 Å². The molecule has 16 heavy (non-hydrogen) atoms. The van der Waals surface area contributed by atoms with Crippen LogP contribution in [0.1, 0.15) is 5.56 Å². The largest absolute Gasteiger partial charge is 0.446 e. The van der Waals surface area contributed by atoms with Crippen LogP contribution in [-0.2, 0) is 6.18 Å². The number of pyridine rings is 1. The lowest BCUT2D eigenvalue weighted by molar-refractivity contribution is -0.140. The van der Waals surface area contributed by atoms with Gasteiger partial charge in [0.25, 0.3) is 0 Å². The Hall–Kier alpha value is -0.190. The van der Waals surface area contributed by atoms with E-state index in [-0.39, 0.29) is 3.70 Å². The van der Waals surface area contributed by atoms with Gasteiger partial charge in [0.05, 0.1) is 5.56 Å². The number of rotatable bonds is 1. The maximum absolute atomic E-state index is 12.4. The van der Waals surface area contributed by atoms with Gasteiger partial charge in [-0.3, -0.25) is 0 Å². The van der Waals surface area contributed by atoms with Crippen molar-refractivity contribution < 1.29 is 26.3 Å². The molecule has 1 aromatic heterocycles. The molecule has 0 fully saturated rings. The predicted octanol–water partition coefficient (Wildman–Crippen LogP) is 4.32. The smallest absolute Gasteiger partial charge is 0.249 e. The van der Waals surface area contributed by atoms with Crippen LogP contribution in [0.25, 0.3) is 0 Å². The van der Waals surface area contributed by atoms with Crippen molar-refractivity contribution in [1.29, 1.82) is 0 Å². The highest BCUT2D eigenvalue weighted by Crippen LogP contribution is 2.43. The number of nitrogens with zero attached hydrogens (tertiary/aromatic N) is 1. The Labute approximate surface area is 104 Å². The van der Waals surface area contributed by atoms with Gasteiger partial charge in [-0.05, 0) is 40.4 Å². The van der Waals surface area contributed by atoms with Crippen molar-refractivity contribution in [2.24, 2.45) is 0 Å². The van der Waals surface area contributed by atoms with Crippen LogP contribution >= 0.6 is 34.4 Å². The minimum Gasteiger partial charge on any atom is -0.249 e. The lowest BCUT2D eigenvalue weighted by Crippen LogP contribution is -2.10. The molecule has 1 aromatic rings. The maximum Gasteiger partial charge on any atom is 0.446 e. The quantitative estimate of drug-likeness (QED) is 0.315. The van der Waals surface area contributed by atoms with E-state index in [9.17, 15) is 26.3 Å². The number of thioether (sulfide) groups is 1. The summed E-state index contributed by atoms with van der Waals surface area (Å²) in [5, 5.41) is 0. The zero-order valence-electron chi connectivity index (χ0n) is 7.16. The fourth-order valence-electron chi connectivity index (χ4n) is 0.845. The van der Waals surface area contributed by atoms with Gasteiger partial charge in [0.1, 0.15) is 3.70 Å². The topological polar surface area (TPSA) is 12.9 Å². The average molecular weight is 373 g/mol. The molecule has 0 spiro atoms. The summed E-state index contributed by atoms with van der Waals surface area (Å²) in [6.07, 6.45) is -4.25. The third-order valence-electron chi connectivity index (χ3n) is 1.37. The van der Waals surface area contributed by atoms with Crippen LogP contribution in [0.4, 0.5) is 26.3 Å². The van der Waals surface area contributed by atoms with Gasteiger partial charge in [0, 0.05) is 11.1 Å². The summed E-state index contributed by atoms with van der Waals surface area (Å²) in [7, 11) is 0. The minimum absolute atomic E-state index is 0.0172. The SMILES string of the molecule is FC(F)(F)Sc1cnc(I)cc1C(F)(F)F. The van der Waals surface area contributed by atoms with Gasteiger partial charge < -0.3 is 0 Å². The highest BCUT2D eigenvalue weighted by molar-refractivity contribution is 14.1. The number of hydrogen-bond donors (Lipinski definition) is 0. The van der Waals surface area contributed by atoms with Crippen molar-refractivity contribution in [2.45, 2.75) is 16.6 Å². The van der Waals surface area contributed by atoms with Crippen LogP contribution in [0.2, 0.25) is 0 Å². The molecule has 9 heteroatoms. The van der Waals surface area contributed by atoms with E-state index in [1.54, 1.807) is 0 Å². The fourth-order valence-corrected chi connectivity index (χ4v) is 1.93. The first-order valence-electron chi connectivity index (χ1n) is 3.58. The Morgan fingerprint density at radius 1 is 1.12 bits per heavy atom. The standard InChI is InChI=1S/C7H2F6INS/c8-6(9,10)3-1-5(14)15-2-4(3)16-7(11,12)13/h1-2H. The molecule has 0 aliphatic rings. The molecule has 0 radical (unpaired) electrons. The van der Waals surface area contributed by atoms with Gasteiger partial charge >= 0.3 is 11.7 Å². The summed E-state index contributed by atoms with van der Waals surface area (Å²) in [6.45, 7) is 0. The van der Waals surface area contributed by atoms with E-state index in [2.05, 4.69) is 4.98 Å². The molecular weight excluding hydrogens is 371 g/mol. The lowest BCUT2D eigenvalue weighted by atomic mass is 10.3. The molecule has 0 unspecified atom stereocenters. The predicted molar refractivity (Wildman–Crippen MR) is 53.9 cm³/mol. The van der Waals surface area contributed by atoms with Crippen molar-refractivity contribution in [3.8, 4) is 0 Å². The molecule has 1 nitrogen and oxygen atoms in total. The van der Waals surface area contributed by atoms with Crippen molar-refractivity contribution in [2.75, 3.05) is 0 Å². The van der Waals surface area contributed by atoms with Crippen LogP contribution in [-0.4, -0.2) is 10.5 Å². The zero-order valence-corrected chi connectivity index (χ0v) is 10.1. The first kappa shape index (κ1) is 13.9. The minimum atomic E-state index is -4.82. The van der Waals surface area contributed by atoms with E-state index < -0.39 is 33.9 Å². The summed E-state index contributed by atoms with van der Waals surface area (Å²) in [4.78, 5) is 2.46. The molecular formula is C7H2F6INS. The Kier molecular flexibility index (Phi) is 3.98. The molecule has 0 aromatic carbocycles. The van der Waals surface area contributed by atoms with Crippen LogP contribution in [0.5, 0.6) is 0 Å². The van der Waals surface area contributed by atoms with E-state index in [1.165, 1.54) is 22.6 Å². The molecule has 0 aliphatic heterocycles. The number of aromatic nitrogens is 1. The number of hydrogen-bond acceptors (Lipinski definition) is 2. The van der Waals surface area contributed by atoms with E-state index in [1.807, 2.05) is 0 Å². The molecule has 0 N–H and O–H groups in total. The molecule has 1 rings (SSSR count). The Balaban J connectivity index is 3.19. The molecule has 90 valence electrons. The van der Waals surface area contributed by atoms with Crippen LogP contribution in [0.3, 0.4) is 0 Å². The van der Waals surface area contributed by atoms with E-state index in [4.69, 9.17) is 0 Å². The third-order valence-corrected chi connectivity index (χ3v) is 2.73. The fraction of sp³-hybridized carbons (Fsp3) is 0.286. The average Bonchev–Trinajstić information content (AvgIpc) is 2.04. The second-order valence-electron chi connectivity index (χ2n) is 2.55. The maximum atomic E-state index is 12.4.